The molecule has 3 heteroatoms. The van der Waals surface area contributed by atoms with E-state index in [2.05, 4.69) is 13.8 Å². The Morgan fingerprint density at radius 2 is 1.56 bits per heavy atom. The number of hydrogen-bond acceptors (Lipinski definition) is 2. The van der Waals surface area contributed by atoms with Crippen LogP contribution >= 0.6 is 0 Å². The van der Waals surface area contributed by atoms with Crippen LogP contribution < -0.4 is 5.73 Å². The van der Waals surface area contributed by atoms with Crippen molar-refractivity contribution in [3.63, 3.8) is 0 Å². The molecular formula is C15H30N2O. The van der Waals surface area contributed by atoms with Gasteiger partial charge in [-0.15, -0.1) is 0 Å². The molecule has 0 saturated heterocycles. The van der Waals surface area contributed by atoms with Crippen molar-refractivity contribution >= 4 is 5.91 Å². The van der Waals surface area contributed by atoms with Crippen LogP contribution in [0.5, 0.6) is 0 Å². The molecule has 1 amide bonds. The molecule has 1 rings (SSSR count). The number of nitrogens with zero attached hydrogens (tertiary/aromatic N) is 1. The molecule has 0 aromatic heterocycles. The van der Waals surface area contributed by atoms with Gasteiger partial charge in [0.1, 0.15) is 0 Å². The SMILES string of the molecule is CCCCCN(CCCCC)C(=O)C1(N)CCC1. The highest BCUT2D eigenvalue weighted by atomic mass is 16.2. The van der Waals surface area contributed by atoms with Gasteiger partial charge in [0, 0.05) is 13.1 Å². The van der Waals surface area contributed by atoms with Crippen LogP contribution in [0.25, 0.3) is 0 Å². The van der Waals surface area contributed by atoms with Crippen molar-refractivity contribution in [1.29, 1.82) is 0 Å². The van der Waals surface area contributed by atoms with Gasteiger partial charge in [0.15, 0.2) is 0 Å². The Labute approximate surface area is 112 Å². The lowest BCUT2D eigenvalue weighted by Crippen LogP contribution is -2.59. The third-order valence-electron chi connectivity index (χ3n) is 4.02. The zero-order valence-electron chi connectivity index (χ0n) is 12.2. The Morgan fingerprint density at radius 3 is 1.89 bits per heavy atom. The summed E-state index contributed by atoms with van der Waals surface area (Å²) in [6, 6.07) is 0. The molecule has 0 heterocycles. The maximum atomic E-state index is 12.4. The zero-order valence-corrected chi connectivity index (χ0v) is 12.2. The van der Waals surface area contributed by atoms with Crippen LogP contribution in [0.15, 0.2) is 0 Å². The summed E-state index contributed by atoms with van der Waals surface area (Å²) < 4.78 is 0. The van der Waals surface area contributed by atoms with Gasteiger partial charge in [-0.1, -0.05) is 39.5 Å². The number of carbonyl (C=O) groups excluding carboxylic acids is 1. The molecule has 106 valence electrons. The van der Waals surface area contributed by atoms with Crippen molar-refractivity contribution in [3.05, 3.63) is 0 Å². The average Bonchev–Trinajstić information content (AvgIpc) is 2.33. The molecule has 18 heavy (non-hydrogen) atoms. The van der Waals surface area contributed by atoms with E-state index in [1.807, 2.05) is 4.90 Å². The Bertz CT molecular complexity index is 239. The van der Waals surface area contributed by atoms with Crippen molar-refractivity contribution < 1.29 is 4.79 Å². The number of rotatable bonds is 9. The second kappa shape index (κ2) is 7.78. The van der Waals surface area contributed by atoms with E-state index in [4.69, 9.17) is 5.73 Å². The molecule has 2 N–H and O–H groups in total. The molecule has 1 aliphatic rings. The predicted molar refractivity (Wildman–Crippen MR) is 76.4 cm³/mol. The van der Waals surface area contributed by atoms with Crippen molar-refractivity contribution in [3.8, 4) is 0 Å². The molecular weight excluding hydrogens is 224 g/mol. The van der Waals surface area contributed by atoms with E-state index in [1.165, 1.54) is 25.7 Å². The Kier molecular flexibility index (Phi) is 6.69. The first-order chi connectivity index (χ1) is 8.64. The Morgan fingerprint density at radius 1 is 1.06 bits per heavy atom. The van der Waals surface area contributed by atoms with E-state index in [9.17, 15) is 4.79 Å². The Hall–Kier alpha value is -0.570. The average molecular weight is 254 g/mol. The summed E-state index contributed by atoms with van der Waals surface area (Å²) in [6.07, 6.45) is 9.91. The largest absolute Gasteiger partial charge is 0.341 e. The summed E-state index contributed by atoms with van der Waals surface area (Å²) >= 11 is 0. The van der Waals surface area contributed by atoms with Crippen LogP contribution in [0.3, 0.4) is 0 Å². The van der Waals surface area contributed by atoms with Crippen LogP contribution in [-0.4, -0.2) is 29.4 Å². The lowest BCUT2D eigenvalue weighted by atomic mass is 9.76. The molecule has 0 spiro atoms. The topological polar surface area (TPSA) is 46.3 Å². The van der Waals surface area contributed by atoms with Gasteiger partial charge in [0.2, 0.25) is 5.91 Å². The lowest BCUT2D eigenvalue weighted by Gasteiger charge is -2.40. The van der Waals surface area contributed by atoms with Gasteiger partial charge >= 0.3 is 0 Å². The molecule has 0 radical (unpaired) electrons. The maximum absolute atomic E-state index is 12.4. The highest BCUT2D eigenvalue weighted by molar-refractivity contribution is 5.87. The number of amides is 1. The summed E-state index contributed by atoms with van der Waals surface area (Å²) in [6.45, 7) is 6.18. The minimum atomic E-state index is -0.515. The molecule has 0 unspecified atom stereocenters. The smallest absolute Gasteiger partial charge is 0.242 e. The highest BCUT2D eigenvalue weighted by Gasteiger charge is 2.42. The van der Waals surface area contributed by atoms with E-state index >= 15 is 0 Å². The van der Waals surface area contributed by atoms with Gasteiger partial charge in [-0.25, -0.2) is 0 Å². The first-order valence-electron chi connectivity index (χ1n) is 7.72. The fraction of sp³-hybridized carbons (Fsp3) is 0.933. The van der Waals surface area contributed by atoms with Crippen LogP contribution in [0.2, 0.25) is 0 Å². The fourth-order valence-corrected chi connectivity index (χ4v) is 2.51. The lowest BCUT2D eigenvalue weighted by molar-refractivity contribution is -0.140. The van der Waals surface area contributed by atoms with Gasteiger partial charge in [-0.2, -0.15) is 0 Å². The maximum Gasteiger partial charge on any atom is 0.242 e. The summed E-state index contributed by atoms with van der Waals surface area (Å²) in [4.78, 5) is 14.5. The first-order valence-corrected chi connectivity index (χ1v) is 7.72. The molecule has 1 fully saturated rings. The van der Waals surface area contributed by atoms with Crippen molar-refractivity contribution in [2.45, 2.75) is 77.2 Å². The third kappa shape index (κ3) is 4.27. The summed E-state index contributed by atoms with van der Waals surface area (Å²) in [7, 11) is 0. The highest BCUT2D eigenvalue weighted by Crippen LogP contribution is 2.31. The second-order valence-electron chi connectivity index (χ2n) is 5.72. The van der Waals surface area contributed by atoms with Crippen LogP contribution in [-0.2, 0) is 4.79 Å². The van der Waals surface area contributed by atoms with Crippen molar-refractivity contribution in [2.24, 2.45) is 5.73 Å². The Balaban J connectivity index is 2.44. The number of nitrogens with two attached hydrogens (primary N) is 1. The molecule has 0 bridgehead atoms. The fourth-order valence-electron chi connectivity index (χ4n) is 2.51. The number of carbonyl (C=O) groups is 1. The molecule has 0 aliphatic heterocycles. The summed E-state index contributed by atoms with van der Waals surface area (Å²) in [5.41, 5.74) is 5.65. The minimum absolute atomic E-state index is 0.209. The van der Waals surface area contributed by atoms with Crippen LogP contribution in [0.1, 0.15) is 71.6 Å². The minimum Gasteiger partial charge on any atom is -0.341 e. The summed E-state index contributed by atoms with van der Waals surface area (Å²) in [5.74, 6) is 0.209. The van der Waals surface area contributed by atoms with E-state index in [-0.39, 0.29) is 5.91 Å². The van der Waals surface area contributed by atoms with E-state index in [0.717, 1.165) is 45.2 Å². The quantitative estimate of drug-likeness (QED) is 0.643. The van der Waals surface area contributed by atoms with Crippen LogP contribution in [0.4, 0.5) is 0 Å². The molecule has 3 nitrogen and oxygen atoms in total. The van der Waals surface area contributed by atoms with Crippen LogP contribution in [0, 0.1) is 0 Å². The monoisotopic (exact) mass is 254 g/mol. The molecule has 0 aromatic rings. The van der Waals surface area contributed by atoms with E-state index in [0.29, 0.717) is 0 Å². The third-order valence-corrected chi connectivity index (χ3v) is 4.02. The van der Waals surface area contributed by atoms with E-state index < -0.39 is 5.54 Å². The number of unbranched alkanes of at least 4 members (excludes halogenated alkanes) is 4. The second-order valence-corrected chi connectivity index (χ2v) is 5.72. The summed E-state index contributed by atoms with van der Waals surface area (Å²) in [5, 5.41) is 0. The van der Waals surface area contributed by atoms with Gasteiger partial charge in [0.05, 0.1) is 5.54 Å². The van der Waals surface area contributed by atoms with Gasteiger partial charge in [-0.3, -0.25) is 4.79 Å². The molecule has 1 saturated carbocycles. The molecule has 1 aliphatic carbocycles. The first kappa shape index (κ1) is 15.5. The molecule has 0 aromatic carbocycles. The van der Waals surface area contributed by atoms with Crippen molar-refractivity contribution in [1.82, 2.24) is 4.90 Å². The standard InChI is InChI=1S/C15H30N2O/c1-3-5-7-12-17(13-8-6-4-2)14(18)15(16)10-9-11-15/h3-13,16H2,1-2H3. The van der Waals surface area contributed by atoms with Gasteiger partial charge < -0.3 is 10.6 Å². The normalized spacial score (nSPS) is 17.3. The van der Waals surface area contributed by atoms with Crippen molar-refractivity contribution in [2.75, 3.05) is 13.1 Å². The van der Waals surface area contributed by atoms with Gasteiger partial charge in [0.25, 0.3) is 0 Å². The zero-order chi connectivity index (χ0) is 13.4. The predicted octanol–water partition coefficient (Wildman–Crippen LogP) is 3.08. The van der Waals surface area contributed by atoms with E-state index in [1.54, 1.807) is 0 Å². The molecule has 0 atom stereocenters. The van der Waals surface area contributed by atoms with Gasteiger partial charge in [-0.05, 0) is 32.1 Å². The number of hydrogen-bond donors (Lipinski definition) is 1.